The first-order valence-electron chi connectivity index (χ1n) is 8.86. The monoisotopic (exact) mass is 383 g/mol. The van der Waals surface area contributed by atoms with Crippen molar-refractivity contribution in [3.8, 4) is 0 Å². The van der Waals surface area contributed by atoms with Gasteiger partial charge in [0.15, 0.2) is 9.97 Å². The van der Waals surface area contributed by atoms with Gasteiger partial charge in [0.05, 0.1) is 16.8 Å². The van der Waals surface area contributed by atoms with Crippen molar-refractivity contribution >= 4 is 37.9 Å². The molecule has 0 amide bonds. The maximum Gasteiger partial charge on any atom is 0.259 e. The summed E-state index contributed by atoms with van der Waals surface area (Å²) in [5, 5.41) is 3.20. The molecule has 7 heteroatoms. The maximum absolute atomic E-state index is 12.4. The summed E-state index contributed by atoms with van der Waals surface area (Å²) in [6.07, 6.45) is 2.34. The Hall–Kier alpha value is -2.09. The Labute approximate surface area is 158 Å². The molecule has 132 valence electrons. The van der Waals surface area contributed by atoms with Crippen molar-refractivity contribution in [3.05, 3.63) is 62.5 Å². The standard InChI is InChI=1S/C19H18N4OS2/c1-12-11-25-19-20-13(9-17(24)23(12)19)10-22-8-4-6-15(22)18-21-14-5-2-3-7-16(14)26-18/h2-3,5,7,9,11,15H,4,6,8,10H2,1H3/p+1/t15-/m1/s1. The average molecular weight is 384 g/mol. The summed E-state index contributed by atoms with van der Waals surface area (Å²) in [4.78, 5) is 24.3. The van der Waals surface area contributed by atoms with Gasteiger partial charge in [-0.15, -0.1) is 22.7 Å². The van der Waals surface area contributed by atoms with Gasteiger partial charge in [0.25, 0.3) is 5.56 Å². The highest BCUT2D eigenvalue weighted by Crippen LogP contribution is 2.28. The van der Waals surface area contributed by atoms with E-state index in [9.17, 15) is 4.79 Å². The summed E-state index contributed by atoms with van der Waals surface area (Å²) in [6.45, 7) is 3.83. The van der Waals surface area contributed by atoms with E-state index in [1.54, 1.807) is 21.8 Å². The molecule has 0 spiro atoms. The number of para-hydroxylation sites is 1. The number of hydrogen-bond acceptors (Lipinski definition) is 5. The first-order valence-corrected chi connectivity index (χ1v) is 10.6. The Bertz CT molecular complexity index is 1130. The Kier molecular flexibility index (Phi) is 3.88. The number of aryl methyl sites for hydroxylation is 1. The highest BCUT2D eigenvalue weighted by molar-refractivity contribution is 7.18. The molecule has 1 aliphatic heterocycles. The average Bonchev–Trinajstić information content (AvgIpc) is 3.33. The lowest BCUT2D eigenvalue weighted by Gasteiger charge is -2.19. The third kappa shape index (κ3) is 2.67. The quantitative estimate of drug-likeness (QED) is 0.592. The van der Waals surface area contributed by atoms with Crippen molar-refractivity contribution in [1.82, 2.24) is 14.4 Å². The summed E-state index contributed by atoms with van der Waals surface area (Å²) in [6, 6.07) is 10.4. The minimum Gasteiger partial charge on any atom is -0.322 e. The van der Waals surface area contributed by atoms with Crippen LogP contribution in [0.15, 0.2) is 40.5 Å². The molecule has 2 atom stereocenters. The van der Waals surface area contributed by atoms with E-state index in [1.165, 1.54) is 32.4 Å². The molecule has 1 aliphatic rings. The Balaban J connectivity index is 1.46. The zero-order chi connectivity index (χ0) is 17.7. The van der Waals surface area contributed by atoms with E-state index in [0.717, 1.165) is 41.4 Å². The highest BCUT2D eigenvalue weighted by Gasteiger charge is 2.33. The minimum atomic E-state index is 0.0267. The Morgan fingerprint density at radius 1 is 1.31 bits per heavy atom. The number of nitrogens with one attached hydrogen (secondary N) is 1. The number of likely N-dealkylation sites (tertiary alicyclic amines) is 1. The van der Waals surface area contributed by atoms with Crippen LogP contribution in [0.2, 0.25) is 0 Å². The maximum atomic E-state index is 12.4. The third-order valence-corrected chi connectivity index (χ3v) is 7.22. The summed E-state index contributed by atoms with van der Waals surface area (Å²) in [5.74, 6) is 0. The van der Waals surface area contributed by atoms with Crippen LogP contribution in [0, 0.1) is 6.92 Å². The molecule has 1 N–H and O–H groups in total. The number of nitrogens with zero attached hydrogens (tertiary/aromatic N) is 3. The van der Waals surface area contributed by atoms with Crippen LogP contribution in [0.3, 0.4) is 0 Å². The topological polar surface area (TPSA) is 51.7 Å². The number of aromatic nitrogens is 3. The molecule has 4 heterocycles. The first kappa shape index (κ1) is 16.1. The fourth-order valence-electron chi connectivity index (χ4n) is 3.88. The van der Waals surface area contributed by atoms with Gasteiger partial charge < -0.3 is 4.90 Å². The molecule has 5 rings (SSSR count). The molecule has 0 aliphatic carbocycles. The van der Waals surface area contributed by atoms with Crippen molar-refractivity contribution in [1.29, 1.82) is 0 Å². The summed E-state index contributed by atoms with van der Waals surface area (Å²) in [5.41, 5.74) is 2.96. The van der Waals surface area contributed by atoms with Crippen LogP contribution in [0.5, 0.6) is 0 Å². The van der Waals surface area contributed by atoms with Crippen LogP contribution < -0.4 is 10.5 Å². The highest BCUT2D eigenvalue weighted by atomic mass is 32.1. The van der Waals surface area contributed by atoms with Gasteiger partial charge in [-0.1, -0.05) is 12.1 Å². The van der Waals surface area contributed by atoms with Crippen LogP contribution in [0.4, 0.5) is 0 Å². The van der Waals surface area contributed by atoms with Crippen molar-refractivity contribution in [2.24, 2.45) is 0 Å². The van der Waals surface area contributed by atoms with Gasteiger partial charge in [-0.3, -0.25) is 9.20 Å². The van der Waals surface area contributed by atoms with E-state index < -0.39 is 0 Å². The van der Waals surface area contributed by atoms with Gasteiger partial charge in [0, 0.05) is 30.0 Å². The van der Waals surface area contributed by atoms with E-state index in [1.807, 2.05) is 18.4 Å². The van der Waals surface area contributed by atoms with Crippen molar-refractivity contribution in [2.75, 3.05) is 6.54 Å². The molecule has 1 unspecified atom stereocenters. The van der Waals surface area contributed by atoms with E-state index in [-0.39, 0.29) is 5.56 Å². The summed E-state index contributed by atoms with van der Waals surface area (Å²) >= 11 is 3.33. The number of hydrogen-bond donors (Lipinski definition) is 1. The normalized spacial score (nSPS) is 20.3. The van der Waals surface area contributed by atoms with Gasteiger partial charge >= 0.3 is 0 Å². The largest absolute Gasteiger partial charge is 0.322 e. The molecule has 0 saturated carbocycles. The van der Waals surface area contributed by atoms with Crippen LogP contribution >= 0.6 is 22.7 Å². The molecule has 26 heavy (non-hydrogen) atoms. The number of quaternary nitrogens is 1. The molecule has 1 fully saturated rings. The van der Waals surface area contributed by atoms with Crippen LogP contribution in [0.25, 0.3) is 15.2 Å². The lowest BCUT2D eigenvalue weighted by Crippen LogP contribution is -3.09. The van der Waals surface area contributed by atoms with E-state index in [0.29, 0.717) is 6.04 Å². The summed E-state index contributed by atoms with van der Waals surface area (Å²) < 4.78 is 2.94. The predicted molar refractivity (Wildman–Crippen MR) is 105 cm³/mol. The van der Waals surface area contributed by atoms with Gasteiger partial charge in [0.1, 0.15) is 18.3 Å². The second-order valence-corrected chi connectivity index (χ2v) is 8.78. The molecule has 5 nitrogen and oxygen atoms in total. The SMILES string of the molecule is Cc1csc2nc(C[NH+]3CCC[C@@H]3c3nc4ccccc4s3)cc(=O)n12. The molecule has 1 saturated heterocycles. The molecule has 3 aromatic heterocycles. The molecule has 1 aromatic carbocycles. The number of rotatable bonds is 3. The van der Waals surface area contributed by atoms with Crippen molar-refractivity contribution < 1.29 is 4.90 Å². The third-order valence-electron chi connectivity index (χ3n) is 5.13. The van der Waals surface area contributed by atoms with Gasteiger partial charge in [-0.2, -0.15) is 0 Å². The molecule has 0 radical (unpaired) electrons. The van der Waals surface area contributed by atoms with Crippen LogP contribution in [-0.4, -0.2) is 20.9 Å². The second kappa shape index (κ2) is 6.26. The minimum absolute atomic E-state index is 0.0267. The van der Waals surface area contributed by atoms with Crippen molar-refractivity contribution in [2.45, 2.75) is 32.4 Å². The lowest BCUT2D eigenvalue weighted by molar-refractivity contribution is -0.932. The number of fused-ring (bicyclic) bond motifs is 2. The van der Waals surface area contributed by atoms with E-state index >= 15 is 0 Å². The first-order chi connectivity index (χ1) is 12.7. The summed E-state index contributed by atoms with van der Waals surface area (Å²) in [7, 11) is 0. The van der Waals surface area contributed by atoms with Gasteiger partial charge in [-0.05, 0) is 19.1 Å². The molecular weight excluding hydrogens is 364 g/mol. The molecule has 0 bridgehead atoms. The second-order valence-electron chi connectivity index (χ2n) is 6.88. The number of thiazole rings is 2. The van der Waals surface area contributed by atoms with Crippen LogP contribution in [-0.2, 0) is 6.54 Å². The van der Waals surface area contributed by atoms with Gasteiger partial charge in [0.2, 0.25) is 0 Å². The van der Waals surface area contributed by atoms with E-state index in [2.05, 4.69) is 18.2 Å². The lowest BCUT2D eigenvalue weighted by atomic mass is 10.2. The Morgan fingerprint density at radius 2 is 2.19 bits per heavy atom. The van der Waals surface area contributed by atoms with Crippen LogP contribution in [0.1, 0.15) is 35.3 Å². The predicted octanol–water partition coefficient (Wildman–Crippen LogP) is 2.59. The zero-order valence-corrected chi connectivity index (χ0v) is 16.1. The molecule has 4 aromatic rings. The fraction of sp³-hybridized carbons (Fsp3) is 0.316. The smallest absolute Gasteiger partial charge is 0.259 e. The molecular formula is C19H19N4OS2+. The number of benzene rings is 1. The van der Waals surface area contributed by atoms with Crippen molar-refractivity contribution in [3.63, 3.8) is 0 Å². The Morgan fingerprint density at radius 3 is 3.08 bits per heavy atom. The van der Waals surface area contributed by atoms with E-state index in [4.69, 9.17) is 9.97 Å². The zero-order valence-electron chi connectivity index (χ0n) is 14.4. The van der Waals surface area contributed by atoms with Gasteiger partial charge in [-0.25, -0.2) is 9.97 Å². The fourth-order valence-corrected chi connectivity index (χ4v) is 5.94.